The summed E-state index contributed by atoms with van der Waals surface area (Å²) in [6, 6.07) is 14.2. The maximum absolute atomic E-state index is 5.97. The normalized spacial score (nSPS) is 15.1. The smallest absolute Gasteiger partial charge is 0.145 e. The van der Waals surface area contributed by atoms with Gasteiger partial charge in [-0.15, -0.1) is 0 Å². The molecule has 1 aliphatic rings. The number of fused-ring (bicyclic) bond motifs is 1. The van der Waals surface area contributed by atoms with Crippen LogP contribution in [-0.2, 0) is 0 Å². The summed E-state index contributed by atoms with van der Waals surface area (Å²) in [5, 5.41) is 4.24. The van der Waals surface area contributed by atoms with E-state index < -0.39 is 0 Å². The zero-order chi connectivity index (χ0) is 19.2. The lowest BCUT2D eigenvalue weighted by Gasteiger charge is -2.36. The minimum atomic E-state index is 0.742. The van der Waals surface area contributed by atoms with Crippen molar-refractivity contribution in [1.29, 1.82) is 0 Å². The molecule has 3 heterocycles. The highest BCUT2D eigenvalue weighted by Gasteiger charge is 2.19. The maximum atomic E-state index is 5.97. The fourth-order valence-electron chi connectivity index (χ4n) is 3.77. The summed E-state index contributed by atoms with van der Waals surface area (Å²) in [6.07, 6.45) is 5.94. The Morgan fingerprint density at radius 1 is 0.929 bits per heavy atom. The first kappa shape index (κ1) is 18.6. The van der Waals surface area contributed by atoms with Crippen LogP contribution < -0.4 is 14.4 Å². The number of piperazine rings is 1. The first-order valence-electron chi connectivity index (χ1n) is 10.0. The van der Waals surface area contributed by atoms with E-state index in [1.807, 2.05) is 41.0 Å². The minimum absolute atomic E-state index is 0.742. The summed E-state index contributed by atoms with van der Waals surface area (Å²) in [5.41, 5.74) is 2.22. The van der Waals surface area contributed by atoms with Gasteiger partial charge in [0.1, 0.15) is 17.0 Å². The van der Waals surface area contributed by atoms with Crippen LogP contribution in [0.3, 0.4) is 0 Å². The molecule has 3 aromatic rings. The first-order valence-corrected chi connectivity index (χ1v) is 10.0. The number of anilines is 1. The van der Waals surface area contributed by atoms with Crippen LogP contribution in [0.5, 0.6) is 11.5 Å². The molecule has 2 aromatic heterocycles. The Labute approximate surface area is 166 Å². The number of aromatic nitrogens is 2. The molecular weight excluding hydrogens is 352 g/mol. The second-order valence-corrected chi connectivity index (χ2v) is 7.09. The summed E-state index contributed by atoms with van der Waals surface area (Å²) < 4.78 is 13.3. The van der Waals surface area contributed by atoms with Crippen LogP contribution in [0.1, 0.15) is 12.8 Å². The molecule has 0 aliphatic carbocycles. The molecule has 6 nitrogen and oxygen atoms in total. The molecule has 0 saturated carbocycles. The molecule has 1 fully saturated rings. The van der Waals surface area contributed by atoms with E-state index in [9.17, 15) is 0 Å². The van der Waals surface area contributed by atoms with Gasteiger partial charge in [-0.25, -0.2) is 4.52 Å². The van der Waals surface area contributed by atoms with Gasteiger partial charge < -0.3 is 14.4 Å². The number of ether oxygens (including phenoxy) is 2. The third-order valence-electron chi connectivity index (χ3n) is 5.32. The van der Waals surface area contributed by atoms with Crippen molar-refractivity contribution in [2.45, 2.75) is 12.8 Å². The highest BCUT2D eigenvalue weighted by atomic mass is 16.5. The highest BCUT2D eigenvalue weighted by molar-refractivity contribution is 5.59. The van der Waals surface area contributed by atoms with E-state index in [4.69, 9.17) is 9.47 Å². The number of unbranched alkanes of at least 4 members (excludes halogenated alkanes) is 1. The van der Waals surface area contributed by atoms with Gasteiger partial charge in [0.2, 0.25) is 0 Å². The lowest BCUT2D eigenvalue weighted by atomic mass is 10.2. The van der Waals surface area contributed by atoms with Crippen LogP contribution in [0.2, 0.25) is 0 Å². The molecule has 1 aromatic carbocycles. The van der Waals surface area contributed by atoms with E-state index in [0.29, 0.717) is 0 Å². The molecule has 0 N–H and O–H groups in total. The standard InChI is InChI=1S/C22H28N4O2/c1-27-21-8-3-2-7-19(21)25-16-14-24(15-17-25)12-4-5-18-28-22-9-6-13-26-20(22)10-11-23-26/h2-3,6-11,13H,4-5,12,14-18H2,1H3. The third-order valence-corrected chi connectivity index (χ3v) is 5.32. The van der Waals surface area contributed by atoms with Crippen LogP contribution in [0, 0.1) is 0 Å². The van der Waals surface area contributed by atoms with Gasteiger partial charge in [0.25, 0.3) is 0 Å². The van der Waals surface area contributed by atoms with Gasteiger partial charge >= 0.3 is 0 Å². The summed E-state index contributed by atoms with van der Waals surface area (Å²) >= 11 is 0. The molecule has 4 rings (SSSR count). The molecule has 1 saturated heterocycles. The summed E-state index contributed by atoms with van der Waals surface area (Å²) in [4.78, 5) is 4.97. The number of benzene rings is 1. The fourth-order valence-corrected chi connectivity index (χ4v) is 3.77. The number of methoxy groups -OCH3 is 1. The molecule has 0 amide bonds. The van der Waals surface area contributed by atoms with Crippen LogP contribution in [0.4, 0.5) is 5.69 Å². The molecule has 148 valence electrons. The van der Waals surface area contributed by atoms with Crippen molar-refractivity contribution >= 4 is 11.2 Å². The van der Waals surface area contributed by atoms with Gasteiger partial charge in [-0.05, 0) is 49.7 Å². The lowest BCUT2D eigenvalue weighted by molar-refractivity contribution is 0.238. The molecular formula is C22H28N4O2. The summed E-state index contributed by atoms with van der Waals surface area (Å²) in [5.74, 6) is 1.87. The van der Waals surface area contributed by atoms with Crippen LogP contribution in [-0.4, -0.2) is 61.0 Å². The summed E-state index contributed by atoms with van der Waals surface area (Å²) in [6.45, 7) is 6.13. The fraction of sp³-hybridized carbons (Fsp3) is 0.409. The molecule has 0 atom stereocenters. The quantitative estimate of drug-likeness (QED) is 0.561. The second-order valence-electron chi connectivity index (χ2n) is 7.09. The Morgan fingerprint density at radius 3 is 2.61 bits per heavy atom. The van der Waals surface area contributed by atoms with Crippen molar-refractivity contribution in [2.24, 2.45) is 0 Å². The number of rotatable bonds is 8. The Bertz CT molecular complexity index is 887. The Morgan fingerprint density at radius 2 is 1.75 bits per heavy atom. The molecule has 0 radical (unpaired) electrons. The van der Waals surface area contributed by atoms with Gasteiger partial charge in [-0.2, -0.15) is 5.10 Å². The average Bonchev–Trinajstić information content (AvgIpc) is 3.24. The number of pyridine rings is 1. The van der Waals surface area contributed by atoms with E-state index in [0.717, 1.165) is 69.2 Å². The average molecular weight is 380 g/mol. The molecule has 28 heavy (non-hydrogen) atoms. The predicted octanol–water partition coefficient (Wildman–Crippen LogP) is 3.32. The lowest BCUT2D eigenvalue weighted by Crippen LogP contribution is -2.46. The van der Waals surface area contributed by atoms with E-state index in [2.05, 4.69) is 27.0 Å². The van der Waals surface area contributed by atoms with E-state index in [1.165, 1.54) is 5.69 Å². The monoisotopic (exact) mass is 380 g/mol. The minimum Gasteiger partial charge on any atom is -0.495 e. The van der Waals surface area contributed by atoms with E-state index in [-0.39, 0.29) is 0 Å². The van der Waals surface area contributed by atoms with Crippen LogP contribution in [0.25, 0.3) is 5.52 Å². The van der Waals surface area contributed by atoms with E-state index in [1.54, 1.807) is 13.3 Å². The Hall–Kier alpha value is -2.73. The Balaban J connectivity index is 1.17. The topological polar surface area (TPSA) is 42.2 Å². The zero-order valence-corrected chi connectivity index (χ0v) is 16.5. The van der Waals surface area contributed by atoms with Crippen molar-refractivity contribution in [3.63, 3.8) is 0 Å². The van der Waals surface area contributed by atoms with Crippen molar-refractivity contribution < 1.29 is 9.47 Å². The Kier molecular flexibility index (Phi) is 5.97. The van der Waals surface area contributed by atoms with Crippen LogP contribution >= 0.6 is 0 Å². The third kappa shape index (κ3) is 4.22. The largest absolute Gasteiger partial charge is 0.495 e. The van der Waals surface area contributed by atoms with Gasteiger partial charge in [0.05, 0.1) is 25.6 Å². The van der Waals surface area contributed by atoms with E-state index >= 15 is 0 Å². The predicted molar refractivity (Wildman–Crippen MR) is 112 cm³/mol. The van der Waals surface area contributed by atoms with Gasteiger partial charge in [0.15, 0.2) is 0 Å². The van der Waals surface area contributed by atoms with Crippen molar-refractivity contribution in [3.05, 3.63) is 54.9 Å². The van der Waals surface area contributed by atoms with Gasteiger partial charge in [0, 0.05) is 32.4 Å². The number of hydrogen-bond acceptors (Lipinski definition) is 5. The van der Waals surface area contributed by atoms with Crippen LogP contribution in [0.15, 0.2) is 54.9 Å². The number of nitrogens with zero attached hydrogens (tertiary/aromatic N) is 4. The van der Waals surface area contributed by atoms with Crippen molar-refractivity contribution in [1.82, 2.24) is 14.5 Å². The van der Waals surface area contributed by atoms with Gasteiger partial charge in [-0.3, -0.25) is 4.90 Å². The number of para-hydroxylation sites is 2. The SMILES string of the molecule is COc1ccccc1N1CCN(CCCCOc2cccn3nccc23)CC1. The molecule has 0 bridgehead atoms. The molecule has 1 aliphatic heterocycles. The van der Waals surface area contributed by atoms with Crippen molar-refractivity contribution in [3.8, 4) is 11.5 Å². The zero-order valence-electron chi connectivity index (χ0n) is 16.5. The first-order chi connectivity index (χ1) is 13.8. The maximum Gasteiger partial charge on any atom is 0.145 e. The number of hydrogen-bond donors (Lipinski definition) is 0. The second kappa shape index (κ2) is 8.97. The van der Waals surface area contributed by atoms with Gasteiger partial charge in [-0.1, -0.05) is 12.1 Å². The summed E-state index contributed by atoms with van der Waals surface area (Å²) in [7, 11) is 1.74. The highest BCUT2D eigenvalue weighted by Crippen LogP contribution is 2.28. The molecule has 6 heteroatoms. The molecule has 0 unspecified atom stereocenters. The van der Waals surface area contributed by atoms with Crippen molar-refractivity contribution in [2.75, 3.05) is 51.3 Å². The molecule has 0 spiro atoms.